The number of carbonyl (C=O) groups excluding carboxylic acids is 6. The molecule has 0 saturated carbocycles. The minimum absolute atomic E-state index is 0.0174. The van der Waals surface area contributed by atoms with Gasteiger partial charge in [-0.15, -0.1) is 0 Å². The number of rotatable bonds is 30. The highest BCUT2D eigenvalue weighted by Gasteiger charge is 2.52. The first-order valence-corrected chi connectivity index (χ1v) is 21.4. The average molecular weight is 861 g/mol. The number of hydrogen-bond acceptors (Lipinski definition) is 13. The van der Waals surface area contributed by atoms with Crippen LogP contribution >= 0.6 is 0 Å². The van der Waals surface area contributed by atoms with Crippen LogP contribution in [0.2, 0.25) is 0 Å². The number of benzene rings is 1. The first-order chi connectivity index (χ1) is 28.8. The highest BCUT2D eigenvalue weighted by molar-refractivity contribution is 5.83. The molecule has 1 rings (SSSR count). The zero-order valence-corrected chi connectivity index (χ0v) is 37.9. The molecule has 0 saturated heterocycles. The van der Waals surface area contributed by atoms with Crippen molar-refractivity contribution in [1.29, 1.82) is 5.26 Å². The van der Waals surface area contributed by atoms with Gasteiger partial charge in [-0.2, -0.15) is 5.26 Å². The zero-order valence-electron chi connectivity index (χ0n) is 37.9. The Morgan fingerprint density at radius 2 is 1.30 bits per heavy atom. The van der Waals surface area contributed by atoms with Crippen molar-refractivity contribution in [3.63, 3.8) is 0 Å². The van der Waals surface area contributed by atoms with Crippen molar-refractivity contribution in [1.82, 2.24) is 16.0 Å². The third kappa shape index (κ3) is 19.2. The van der Waals surface area contributed by atoms with Crippen LogP contribution in [0.15, 0.2) is 30.3 Å². The monoisotopic (exact) mass is 861 g/mol. The number of amides is 3. The summed E-state index contributed by atoms with van der Waals surface area (Å²) in [4.78, 5) is 79.9. The van der Waals surface area contributed by atoms with E-state index in [0.29, 0.717) is 13.0 Å². The molecule has 0 radical (unpaired) electrons. The average Bonchev–Trinajstić information content (AvgIpc) is 3.22. The Kier molecular flexibility index (Phi) is 24.2. The van der Waals surface area contributed by atoms with E-state index < -0.39 is 63.4 Å². The van der Waals surface area contributed by atoms with Crippen LogP contribution in [0.25, 0.3) is 0 Å². The predicted molar refractivity (Wildman–Crippen MR) is 228 cm³/mol. The van der Waals surface area contributed by atoms with Gasteiger partial charge in [-0.25, -0.2) is 4.79 Å². The van der Waals surface area contributed by atoms with Gasteiger partial charge in [-0.05, 0) is 98.5 Å². The van der Waals surface area contributed by atoms with Gasteiger partial charge in [-0.3, -0.25) is 24.0 Å². The lowest BCUT2D eigenvalue weighted by molar-refractivity contribution is -0.169. The van der Waals surface area contributed by atoms with Gasteiger partial charge in [0.05, 0.1) is 60.1 Å². The predicted octanol–water partition coefficient (Wildman–Crippen LogP) is 5.50. The summed E-state index contributed by atoms with van der Waals surface area (Å²) >= 11 is 0. The lowest BCUT2D eigenvalue weighted by Crippen LogP contribution is -2.46. The maximum Gasteiger partial charge on any atom is 0.315 e. The van der Waals surface area contributed by atoms with E-state index >= 15 is 0 Å². The molecule has 0 fully saturated rings. The molecule has 16 nitrogen and oxygen atoms in total. The quantitative estimate of drug-likeness (QED) is 0.0426. The molecule has 3 amide bonds. The lowest BCUT2D eigenvalue weighted by atomic mass is 9.62. The maximum atomic E-state index is 14.6. The Morgan fingerprint density at radius 3 is 1.87 bits per heavy atom. The van der Waals surface area contributed by atoms with Crippen LogP contribution in [0, 0.1) is 33.0 Å². The molecule has 0 aromatic heterocycles. The number of ether oxygens (including phenoxy) is 5. The van der Waals surface area contributed by atoms with Crippen molar-refractivity contribution in [3.05, 3.63) is 35.9 Å². The van der Waals surface area contributed by atoms with Crippen molar-refractivity contribution in [2.24, 2.45) is 21.7 Å². The molecule has 16 heteroatoms. The molecular weight excluding hydrogens is 789 g/mol. The van der Waals surface area contributed by atoms with E-state index in [1.165, 1.54) is 0 Å². The minimum atomic E-state index is -1.45. The number of nitriles is 1. The van der Waals surface area contributed by atoms with Crippen LogP contribution in [-0.2, 0) is 47.7 Å². The van der Waals surface area contributed by atoms with Gasteiger partial charge in [0.15, 0.2) is 0 Å². The van der Waals surface area contributed by atoms with E-state index in [1.807, 2.05) is 44.2 Å². The van der Waals surface area contributed by atoms with Crippen LogP contribution in [0.3, 0.4) is 0 Å². The SMILES string of the molecule is CCCCOC(C)CNC(=O)NCCOC(=O)C(C)(CC(CC(C)(CC)C(=O)OCCNC(=O)CC#N)c1ccccc1)CC(C)(CC(C)(C)C(=O)OCCO)C(=O)OCC. The normalized spacial score (nSPS) is 15.2. The molecule has 0 aliphatic carbocycles. The number of unbranched alkanes of at least 4 members (excludes halogenated alkanes) is 1. The van der Waals surface area contributed by atoms with Gasteiger partial charge in [-0.1, -0.05) is 50.6 Å². The van der Waals surface area contributed by atoms with Crippen molar-refractivity contribution < 1.29 is 57.6 Å². The van der Waals surface area contributed by atoms with Crippen LogP contribution < -0.4 is 16.0 Å². The number of hydrogen-bond donors (Lipinski definition) is 4. The lowest BCUT2D eigenvalue weighted by Gasteiger charge is -2.42. The number of urea groups is 1. The molecule has 0 aliphatic rings. The zero-order chi connectivity index (χ0) is 46.1. The summed E-state index contributed by atoms with van der Waals surface area (Å²) in [5.41, 5.74) is -4.42. The summed E-state index contributed by atoms with van der Waals surface area (Å²) in [6, 6.07) is 10.6. The van der Waals surface area contributed by atoms with Gasteiger partial charge in [0.2, 0.25) is 5.91 Å². The third-order valence-electron chi connectivity index (χ3n) is 10.7. The number of nitrogens with zero attached hydrogens (tertiary/aromatic N) is 1. The van der Waals surface area contributed by atoms with Crippen molar-refractivity contribution >= 4 is 35.8 Å². The molecule has 4 N–H and O–H groups in total. The van der Waals surface area contributed by atoms with Gasteiger partial charge in [0, 0.05) is 13.2 Å². The molecule has 5 unspecified atom stereocenters. The fraction of sp³-hybridized carbons (Fsp3) is 0.711. The Labute approximate surface area is 362 Å². The molecule has 1 aromatic carbocycles. The number of aliphatic hydroxyl groups is 1. The Balaban J connectivity index is 3.59. The van der Waals surface area contributed by atoms with E-state index in [0.717, 1.165) is 18.4 Å². The van der Waals surface area contributed by atoms with Gasteiger partial charge >= 0.3 is 29.9 Å². The topological polar surface area (TPSA) is 229 Å². The second-order valence-electron chi connectivity index (χ2n) is 17.0. The van der Waals surface area contributed by atoms with Crippen molar-refractivity contribution in [2.75, 3.05) is 59.3 Å². The minimum Gasteiger partial charge on any atom is -0.466 e. The van der Waals surface area contributed by atoms with Gasteiger partial charge < -0.3 is 44.7 Å². The number of aliphatic hydroxyl groups excluding tert-OH is 1. The second kappa shape index (κ2) is 27.2. The Morgan fingerprint density at radius 1 is 0.721 bits per heavy atom. The summed E-state index contributed by atoms with van der Waals surface area (Å²) in [5.74, 6) is -3.42. The largest absolute Gasteiger partial charge is 0.466 e. The summed E-state index contributed by atoms with van der Waals surface area (Å²) in [5, 5.41) is 26.0. The molecule has 5 atom stereocenters. The van der Waals surface area contributed by atoms with E-state index in [1.54, 1.807) is 47.6 Å². The molecule has 0 heterocycles. The summed E-state index contributed by atoms with van der Waals surface area (Å²) in [7, 11) is 0. The Bertz CT molecular complexity index is 1580. The molecule has 61 heavy (non-hydrogen) atoms. The molecule has 0 aliphatic heterocycles. The fourth-order valence-corrected chi connectivity index (χ4v) is 7.39. The van der Waals surface area contributed by atoms with E-state index in [2.05, 4.69) is 22.9 Å². The molecule has 0 bridgehead atoms. The van der Waals surface area contributed by atoms with Gasteiger partial charge in [0.1, 0.15) is 26.2 Å². The maximum absolute atomic E-state index is 14.6. The summed E-state index contributed by atoms with van der Waals surface area (Å²) in [6.07, 6.45) is 1.82. The number of nitrogens with one attached hydrogen (secondary N) is 3. The molecule has 0 spiro atoms. The first kappa shape index (κ1) is 54.3. The number of carbonyl (C=O) groups is 6. The smallest absolute Gasteiger partial charge is 0.315 e. The highest BCUT2D eigenvalue weighted by Crippen LogP contribution is 2.50. The summed E-state index contributed by atoms with van der Waals surface area (Å²) < 4.78 is 28.0. The standard InChI is InChI=1S/C45H72N4O12/c1-10-13-24-58-33(4)30-49-41(56)48-22-26-60-39(54)44(8,32-45(9,40(55)57-12-3)31-42(5,6)37(52)61-27-23-50)29-35(34-17-15-14-16-18-34)28-43(7,11-2)38(53)59-25-21-47-36(51)19-20-46/h14-18,33,35,50H,10-13,19,21-32H2,1-9H3,(H,47,51)(H2,48,49,56). The van der Waals surface area contributed by atoms with Crippen molar-refractivity contribution in [2.45, 2.75) is 126 Å². The van der Waals surface area contributed by atoms with Gasteiger partial charge in [0.25, 0.3) is 0 Å². The number of esters is 4. The highest BCUT2D eigenvalue weighted by atomic mass is 16.5. The Hall–Kier alpha value is -4.75. The molecule has 344 valence electrons. The fourth-order valence-electron chi connectivity index (χ4n) is 7.39. The van der Waals surface area contributed by atoms with E-state index in [9.17, 15) is 33.9 Å². The van der Waals surface area contributed by atoms with Crippen LogP contribution in [0.4, 0.5) is 4.79 Å². The molecule has 1 aromatic rings. The molecular formula is C45H72N4O12. The first-order valence-electron chi connectivity index (χ1n) is 21.4. The second-order valence-corrected chi connectivity index (χ2v) is 17.0. The van der Waals surface area contributed by atoms with Crippen molar-refractivity contribution in [3.8, 4) is 6.07 Å². The summed E-state index contributed by atoms with van der Waals surface area (Å²) in [6.45, 7) is 15.8. The van der Waals surface area contributed by atoms with Crippen LogP contribution in [0.1, 0.15) is 125 Å². The van der Waals surface area contributed by atoms with E-state index in [4.69, 9.17) is 28.9 Å². The van der Waals surface area contributed by atoms with Crippen LogP contribution in [-0.4, -0.2) is 106 Å². The van der Waals surface area contributed by atoms with E-state index in [-0.39, 0.29) is 90.9 Å². The third-order valence-corrected chi connectivity index (χ3v) is 10.7. The van der Waals surface area contributed by atoms with Crippen LogP contribution in [0.5, 0.6) is 0 Å².